The number of aliphatic hydroxyl groups is 1. The second kappa shape index (κ2) is 2.75. The molecule has 0 radical (unpaired) electrons. The summed E-state index contributed by atoms with van der Waals surface area (Å²) in [7, 11) is 0. The van der Waals surface area contributed by atoms with Crippen molar-refractivity contribution in [1.29, 1.82) is 0 Å². The zero-order valence-corrected chi connectivity index (χ0v) is 6.90. The standard InChI is InChI=1S/C9H11NO2/c1-6-5-8(11)7-3-2-4-10-9(7)12-6/h2-4,6,8,11H,5H2,1H3/t6-,8?/m1/s1. The third kappa shape index (κ3) is 1.16. The summed E-state index contributed by atoms with van der Waals surface area (Å²) >= 11 is 0. The largest absolute Gasteiger partial charge is 0.474 e. The lowest BCUT2D eigenvalue weighted by Gasteiger charge is -2.25. The molecule has 1 aromatic rings. The van der Waals surface area contributed by atoms with Crippen LogP contribution >= 0.6 is 0 Å². The Labute approximate surface area is 71.0 Å². The summed E-state index contributed by atoms with van der Waals surface area (Å²) in [4.78, 5) is 4.04. The fourth-order valence-corrected chi connectivity index (χ4v) is 1.44. The van der Waals surface area contributed by atoms with Crippen molar-refractivity contribution in [2.45, 2.75) is 25.6 Å². The van der Waals surface area contributed by atoms with Crippen LogP contribution in [0.2, 0.25) is 0 Å². The van der Waals surface area contributed by atoms with Crippen molar-refractivity contribution in [2.24, 2.45) is 0 Å². The van der Waals surface area contributed by atoms with Gasteiger partial charge in [-0.2, -0.15) is 0 Å². The van der Waals surface area contributed by atoms with Crippen LogP contribution in [0.5, 0.6) is 5.88 Å². The maximum atomic E-state index is 9.61. The zero-order valence-electron chi connectivity index (χ0n) is 6.90. The van der Waals surface area contributed by atoms with E-state index >= 15 is 0 Å². The van der Waals surface area contributed by atoms with Gasteiger partial charge in [0.1, 0.15) is 6.10 Å². The molecular weight excluding hydrogens is 154 g/mol. The molecule has 0 spiro atoms. The number of rotatable bonds is 0. The van der Waals surface area contributed by atoms with E-state index in [4.69, 9.17) is 4.74 Å². The predicted octanol–water partition coefficient (Wildman–Crippen LogP) is 1.29. The van der Waals surface area contributed by atoms with E-state index in [0.717, 1.165) is 5.56 Å². The monoisotopic (exact) mass is 165 g/mol. The number of hydrogen-bond acceptors (Lipinski definition) is 3. The summed E-state index contributed by atoms with van der Waals surface area (Å²) in [6, 6.07) is 3.65. The highest BCUT2D eigenvalue weighted by molar-refractivity contribution is 5.29. The number of fused-ring (bicyclic) bond motifs is 1. The van der Waals surface area contributed by atoms with Crippen LogP contribution in [0.1, 0.15) is 25.0 Å². The van der Waals surface area contributed by atoms with Gasteiger partial charge in [0.2, 0.25) is 5.88 Å². The summed E-state index contributed by atoms with van der Waals surface area (Å²) < 4.78 is 5.43. The summed E-state index contributed by atoms with van der Waals surface area (Å²) in [6.07, 6.45) is 1.96. The molecule has 2 atom stereocenters. The Balaban J connectivity index is 2.40. The molecule has 0 fully saturated rings. The Morgan fingerprint density at radius 3 is 3.33 bits per heavy atom. The number of nitrogens with zero attached hydrogens (tertiary/aromatic N) is 1. The Morgan fingerprint density at radius 1 is 1.67 bits per heavy atom. The number of aliphatic hydroxyl groups excluding tert-OH is 1. The molecule has 3 heteroatoms. The molecule has 1 aromatic heterocycles. The maximum Gasteiger partial charge on any atom is 0.219 e. The van der Waals surface area contributed by atoms with Gasteiger partial charge in [0.05, 0.1) is 6.10 Å². The van der Waals surface area contributed by atoms with Crippen molar-refractivity contribution >= 4 is 0 Å². The van der Waals surface area contributed by atoms with Crippen molar-refractivity contribution in [3.05, 3.63) is 23.9 Å². The average Bonchev–Trinajstić information content (AvgIpc) is 2.04. The van der Waals surface area contributed by atoms with Crippen LogP contribution in [0.4, 0.5) is 0 Å². The fraction of sp³-hybridized carbons (Fsp3) is 0.444. The molecule has 0 saturated carbocycles. The van der Waals surface area contributed by atoms with Gasteiger partial charge >= 0.3 is 0 Å². The summed E-state index contributed by atoms with van der Waals surface area (Å²) in [5.74, 6) is 0.573. The van der Waals surface area contributed by atoms with Crippen LogP contribution in [-0.4, -0.2) is 16.2 Å². The van der Waals surface area contributed by atoms with E-state index in [0.29, 0.717) is 12.3 Å². The number of aromatic nitrogens is 1. The van der Waals surface area contributed by atoms with Gasteiger partial charge in [-0.05, 0) is 19.1 Å². The molecule has 64 valence electrons. The zero-order chi connectivity index (χ0) is 8.55. The lowest BCUT2D eigenvalue weighted by molar-refractivity contribution is 0.0708. The van der Waals surface area contributed by atoms with Crippen molar-refractivity contribution in [3.8, 4) is 5.88 Å². The summed E-state index contributed by atoms with van der Waals surface area (Å²) in [5.41, 5.74) is 0.801. The molecule has 2 rings (SSSR count). The van der Waals surface area contributed by atoms with Crippen LogP contribution in [0.15, 0.2) is 18.3 Å². The van der Waals surface area contributed by atoms with Crippen LogP contribution < -0.4 is 4.74 Å². The molecule has 1 unspecified atom stereocenters. The first-order valence-electron chi connectivity index (χ1n) is 4.07. The van der Waals surface area contributed by atoms with Gasteiger partial charge in [-0.1, -0.05) is 0 Å². The summed E-state index contributed by atoms with van der Waals surface area (Å²) in [6.45, 7) is 1.93. The van der Waals surface area contributed by atoms with E-state index in [1.165, 1.54) is 0 Å². The lowest BCUT2D eigenvalue weighted by atomic mass is 10.0. The van der Waals surface area contributed by atoms with Crippen molar-refractivity contribution < 1.29 is 9.84 Å². The van der Waals surface area contributed by atoms with E-state index in [1.807, 2.05) is 13.0 Å². The van der Waals surface area contributed by atoms with Crippen LogP contribution in [-0.2, 0) is 0 Å². The van der Waals surface area contributed by atoms with Gasteiger partial charge in [-0.25, -0.2) is 4.98 Å². The van der Waals surface area contributed by atoms with Crippen LogP contribution in [0, 0.1) is 0 Å². The minimum atomic E-state index is -0.419. The average molecular weight is 165 g/mol. The smallest absolute Gasteiger partial charge is 0.219 e. The topological polar surface area (TPSA) is 42.4 Å². The third-order valence-electron chi connectivity index (χ3n) is 2.03. The first kappa shape index (κ1) is 7.55. The van der Waals surface area contributed by atoms with Crippen molar-refractivity contribution in [3.63, 3.8) is 0 Å². The predicted molar refractivity (Wildman–Crippen MR) is 43.9 cm³/mol. The Kier molecular flexibility index (Phi) is 1.73. The molecule has 0 aliphatic carbocycles. The van der Waals surface area contributed by atoms with Crippen molar-refractivity contribution in [2.75, 3.05) is 0 Å². The molecule has 3 nitrogen and oxygen atoms in total. The van der Waals surface area contributed by atoms with E-state index < -0.39 is 6.10 Å². The minimum Gasteiger partial charge on any atom is -0.474 e. The van der Waals surface area contributed by atoms with Crippen LogP contribution in [0.25, 0.3) is 0 Å². The lowest BCUT2D eigenvalue weighted by Crippen LogP contribution is -2.23. The number of ether oxygens (including phenoxy) is 1. The Bertz CT molecular complexity index is 288. The molecule has 1 N–H and O–H groups in total. The summed E-state index contributed by atoms with van der Waals surface area (Å²) in [5, 5.41) is 9.61. The van der Waals surface area contributed by atoms with E-state index in [9.17, 15) is 5.11 Å². The SMILES string of the molecule is C[C@@H]1CC(O)c2cccnc2O1. The minimum absolute atomic E-state index is 0.0578. The first-order valence-corrected chi connectivity index (χ1v) is 4.07. The highest BCUT2D eigenvalue weighted by Crippen LogP contribution is 2.31. The van der Waals surface area contributed by atoms with Crippen molar-refractivity contribution in [1.82, 2.24) is 4.98 Å². The molecule has 0 amide bonds. The molecule has 0 bridgehead atoms. The number of pyridine rings is 1. The highest BCUT2D eigenvalue weighted by Gasteiger charge is 2.24. The molecule has 1 aliphatic heterocycles. The molecule has 0 aromatic carbocycles. The highest BCUT2D eigenvalue weighted by atomic mass is 16.5. The maximum absolute atomic E-state index is 9.61. The first-order chi connectivity index (χ1) is 5.77. The van der Waals surface area contributed by atoms with Gasteiger partial charge in [-0.15, -0.1) is 0 Å². The molecule has 2 heterocycles. The normalized spacial score (nSPS) is 27.5. The van der Waals surface area contributed by atoms with Crippen LogP contribution in [0.3, 0.4) is 0 Å². The Morgan fingerprint density at radius 2 is 2.50 bits per heavy atom. The van der Waals surface area contributed by atoms with Gasteiger partial charge < -0.3 is 9.84 Å². The van der Waals surface area contributed by atoms with Gasteiger partial charge in [-0.3, -0.25) is 0 Å². The number of hydrogen-bond donors (Lipinski definition) is 1. The van der Waals surface area contributed by atoms with Gasteiger partial charge in [0, 0.05) is 18.2 Å². The second-order valence-corrected chi connectivity index (χ2v) is 3.08. The Hall–Kier alpha value is -1.09. The molecule has 1 aliphatic rings. The molecular formula is C9H11NO2. The molecule has 0 saturated heterocycles. The van der Waals surface area contributed by atoms with Gasteiger partial charge in [0.25, 0.3) is 0 Å². The molecule has 12 heavy (non-hydrogen) atoms. The second-order valence-electron chi connectivity index (χ2n) is 3.08. The fourth-order valence-electron chi connectivity index (χ4n) is 1.44. The van der Waals surface area contributed by atoms with E-state index in [2.05, 4.69) is 4.98 Å². The third-order valence-corrected chi connectivity index (χ3v) is 2.03. The van der Waals surface area contributed by atoms with Gasteiger partial charge in [0.15, 0.2) is 0 Å². The van der Waals surface area contributed by atoms with E-state index in [1.54, 1.807) is 12.3 Å². The van der Waals surface area contributed by atoms with E-state index in [-0.39, 0.29) is 6.10 Å². The quantitative estimate of drug-likeness (QED) is 0.629.